The first-order valence-corrected chi connectivity index (χ1v) is 5.04. The molecule has 0 aromatic rings. The number of rotatable bonds is 7. The van der Waals surface area contributed by atoms with E-state index in [0.717, 1.165) is 19.3 Å². The first-order chi connectivity index (χ1) is 6.04. The van der Waals surface area contributed by atoms with E-state index in [4.69, 9.17) is 5.73 Å². The lowest BCUT2D eigenvalue weighted by molar-refractivity contribution is -0.118. The molecule has 78 valence electrons. The Morgan fingerprint density at radius 3 is 2.38 bits per heavy atom. The molecule has 3 heteroatoms. The fourth-order valence-electron chi connectivity index (χ4n) is 1.54. The average molecular weight is 187 g/mol. The maximum Gasteiger partial charge on any atom is 0.217 e. The first-order valence-electron chi connectivity index (χ1n) is 5.04. The maximum atomic E-state index is 10.5. The Hall–Kier alpha value is -0.570. The second-order valence-corrected chi connectivity index (χ2v) is 3.65. The van der Waals surface area contributed by atoms with Crippen LogP contribution in [0.1, 0.15) is 52.4 Å². The van der Waals surface area contributed by atoms with Crippen molar-refractivity contribution in [3.8, 4) is 0 Å². The molecule has 0 aromatic heterocycles. The third kappa shape index (κ3) is 5.64. The molecule has 1 atom stereocenters. The minimum Gasteiger partial charge on any atom is -0.390 e. The fraction of sp³-hybridized carbons (Fsp3) is 0.900. The Balaban J connectivity index is 3.76. The summed E-state index contributed by atoms with van der Waals surface area (Å²) in [5.74, 6) is -0.282. The van der Waals surface area contributed by atoms with Gasteiger partial charge in [0.25, 0.3) is 0 Å². The lowest BCUT2D eigenvalue weighted by atomic mass is 9.89. The number of carbonyl (C=O) groups excluding carboxylic acids is 1. The molecular weight excluding hydrogens is 166 g/mol. The van der Waals surface area contributed by atoms with Crippen LogP contribution in [0, 0.1) is 0 Å². The van der Waals surface area contributed by atoms with Crippen molar-refractivity contribution < 1.29 is 9.90 Å². The molecule has 0 aliphatic rings. The zero-order valence-corrected chi connectivity index (χ0v) is 8.68. The number of aliphatic hydroxyl groups is 1. The lowest BCUT2D eigenvalue weighted by Crippen LogP contribution is -2.27. The van der Waals surface area contributed by atoms with E-state index in [0.29, 0.717) is 19.3 Å². The smallest absolute Gasteiger partial charge is 0.217 e. The van der Waals surface area contributed by atoms with Crippen molar-refractivity contribution in [1.29, 1.82) is 0 Å². The number of hydrogen-bond acceptors (Lipinski definition) is 2. The SMILES string of the molecule is CCCC(O)(CC)CCCC(N)=O. The van der Waals surface area contributed by atoms with Crippen LogP contribution in [0.4, 0.5) is 0 Å². The van der Waals surface area contributed by atoms with Crippen molar-refractivity contribution in [3.05, 3.63) is 0 Å². The van der Waals surface area contributed by atoms with Gasteiger partial charge in [0, 0.05) is 6.42 Å². The Morgan fingerprint density at radius 1 is 1.38 bits per heavy atom. The summed E-state index contributed by atoms with van der Waals surface area (Å²) in [6, 6.07) is 0. The summed E-state index contributed by atoms with van der Waals surface area (Å²) in [6.45, 7) is 4.02. The number of amides is 1. The van der Waals surface area contributed by atoms with Gasteiger partial charge < -0.3 is 10.8 Å². The molecule has 0 radical (unpaired) electrons. The molecule has 1 amide bonds. The van der Waals surface area contributed by atoms with Crippen LogP contribution in [0.5, 0.6) is 0 Å². The second-order valence-electron chi connectivity index (χ2n) is 3.65. The third-order valence-corrected chi connectivity index (χ3v) is 2.44. The number of nitrogens with two attached hydrogens (primary N) is 1. The van der Waals surface area contributed by atoms with Crippen molar-refractivity contribution in [2.24, 2.45) is 5.73 Å². The summed E-state index contributed by atoms with van der Waals surface area (Å²) in [6.07, 6.45) is 4.29. The van der Waals surface area contributed by atoms with E-state index in [2.05, 4.69) is 6.92 Å². The van der Waals surface area contributed by atoms with Crippen molar-refractivity contribution in [2.75, 3.05) is 0 Å². The number of carbonyl (C=O) groups is 1. The van der Waals surface area contributed by atoms with Crippen LogP contribution in [-0.2, 0) is 4.79 Å². The van der Waals surface area contributed by atoms with Gasteiger partial charge in [-0.15, -0.1) is 0 Å². The molecule has 3 nitrogen and oxygen atoms in total. The van der Waals surface area contributed by atoms with Gasteiger partial charge in [0.1, 0.15) is 0 Å². The minimum atomic E-state index is -0.579. The standard InChI is InChI=1S/C10H21NO2/c1-3-7-10(13,4-2)8-5-6-9(11)12/h13H,3-8H2,1-2H3,(H2,11,12). The molecule has 0 rings (SSSR count). The van der Waals surface area contributed by atoms with Gasteiger partial charge in [-0.1, -0.05) is 20.3 Å². The van der Waals surface area contributed by atoms with Gasteiger partial charge in [0.05, 0.1) is 5.60 Å². The van der Waals surface area contributed by atoms with E-state index in [1.807, 2.05) is 6.92 Å². The van der Waals surface area contributed by atoms with Gasteiger partial charge >= 0.3 is 0 Å². The van der Waals surface area contributed by atoms with Crippen molar-refractivity contribution in [2.45, 2.75) is 58.0 Å². The van der Waals surface area contributed by atoms with E-state index in [1.165, 1.54) is 0 Å². The van der Waals surface area contributed by atoms with Gasteiger partial charge in [-0.3, -0.25) is 4.79 Å². The molecule has 0 aliphatic heterocycles. The van der Waals surface area contributed by atoms with Crippen molar-refractivity contribution >= 4 is 5.91 Å². The summed E-state index contributed by atoms with van der Waals surface area (Å²) >= 11 is 0. The topological polar surface area (TPSA) is 63.3 Å². The average Bonchev–Trinajstić information content (AvgIpc) is 2.04. The highest BCUT2D eigenvalue weighted by atomic mass is 16.3. The van der Waals surface area contributed by atoms with E-state index < -0.39 is 5.60 Å². The second kappa shape index (κ2) is 5.97. The fourth-order valence-corrected chi connectivity index (χ4v) is 1.54. The molecule has 0 fully saturated rings. The third-order valence-electron chi connectivity index (χ3n) is 2.44. The van der Waals surface area contributed by atoms with Gasteiger partial charge in [0.15, 0.2) is 0 Å². The molecule has 1 unspecified atom stereocenters. The Kier molecular flexibility index (Phi) is 5.71. The minimum absolute atomic E-state index is 0.282. The highest BCUT2D eigenvalue weighted by Gasteiger charge is 2.22. The van der Waals surface area contributed by atoms with E-state index in [9.17, 15) is 9.90 Å². The van der Waals surface area contributed by atoms with E-state index in [1.54, 1.807) is 0 Å². The van der Waals surface area contributed by atoms with Gasteiger partial charge in [-0.25, -0.2) is 0 Å². The van der Waals surface area contributed by atoms with Crippen LogP contribution in [0.15, 0.2) is 0 Å². The molecule has 0 heterocycles. The van der Waals surface area contributed by atoms with Crippen molar-refractivity contribution in [1.82, 2.24) is 0 Å². The van der Waals surface area contributed by atoms with Gasteiger partial charge in [-0.05, 0) is 25.7 Å². The monoisotopic (exact) mass is 187 g/mol. The number of primary amides is 1. The summed E-state index contributed by atoms with van der Waals surface area (Å²) in [5, 5.41) is 9.98. The molecule has 3 N–H and O–H groups in total. The van der Waals surface area contributed by atoms with Crippen molar-refractivity contribution in [3.63, 3.8) is 0 Å². The first kappa shape index (κ1) is 12.4. The van der Waals surface area contributed by atoms with Gasteiger partial charge in [0.2, 0.25) is 5.91 Å². The van der Waals surface area contributed by atoms with E-state index >= 15 is 0 Å². The molecule has 0 spiro atoms. The molecule has 0 saturated heterocycles. The van der Waals surface area contributed by atoms with Crippen LogP contribution in [0.3, 0.4) is 0 Å². The molecular formula is C10H21NO2. The van der Waals surface area contributed by atoms with Crippen LogP contribution in [0.2, 0.25) is 0 Å². The Morgan fingerprint density at radius 2 is 2.00 bits per heavy atom. The molecule has 0 aliphatic carbocycles. The molecule has 0 aromatic carbocycles. The lowest BCUT2D eigenvalue weighted by Gasteiger charge is -2.25. The Labute approximate surface area is 80.3 Å². The van der Waals surface area contributed by atoms with Crippen LogP contribution in [0.25, 0.3) is 0 Å². The van der Waals surface area contributed by atoms with Crippen LogP contribution >= 0.6 is 0 Å². The summed E-state index contributed by atoms with van der Waals surface area (Å²) < 4.78 is 0. The van der Waals surface area contributed by atoms with Crippen LogP contribution in [-0.4, -0.2) is 16.6 Å². The zero-order valence-electron chi connectivity index (χ0n) is 8.68. The number of hydrogen-bond donors (Lipinski definition) is 2. The Bertz CT molecular complexity index is 159. The quantitative estimate of drug-likeness (QED) is 0.635. The molecule has 13 heavy (non-hydrogen) atoms. The molecule has 0 saturated carbocycles. The predicted octanol–water partition coefficient (Wildman–Crippen LogP) is 1.58. The van der Waals surface area contributed by atoms with E-state index in [-0.39, 0.29) is 5.91 Å². The highest BCUT2D eigenvalue weighted by Crippen LogP contribution is 2.23. The largest absolute Gasteiger partial charge is 0.390 e. The zero-order chi connectivity index (χ0) is 10.3. The van der Waals surface area contributed by atoms with Gasteiger partial charge in [-0.2, -0.15) is 0 Å². The maximum absolute atomic E-state index is 10.5. The normalized spacial score (nSPS) is 15.3. The summed E-state index contributed by atoms with van der Waals surface area (Å²) in [7, 11) is 0. The molecule has 0 bridgehead atoms. The highest BCUT2D eigenvalue weighted by molar-refractivity contribution is 5.73. The van der Waals surface area contributed by atoms with Crippen LogP contribution < -0.4 is 5.73 Å². The summed E-state index contributed by atoms with van der Waals surface area (Å²) in [4.78, 5) is 10.5. The predicted molar refractivity (Wildman–Crippen MR) is 53.2 cm³/mol. The summed E-state index contributed by atoms with van der Waals surface area (Å²) in [5.41, 5.74) is 4.44.